The maximum Gasteiger partial charge on any atom is 0.267 e. The summed E-state index contributed by atoms with van der Waals surface area (Å²) in [7, 11) is 0. The van der Waals surface area contributed by atoms with Gasteiger partial charge in [0.05, 0.1) is 15.6 Å². The minimum absolute atomic E-state index is 0.0145. The van der Waals surface area contributed by atoms with Gasteiger partial charge in [0, 0.05) is 24.0 Å². The average Bonchev–Trinajstić information content (AvgIpc) is 3.10. The van der Waals surface area contributed by atoms with Crippen LogP contribution in [0.4, 0.5) is 5.69 Å². The Morgan fingerprint density at radius 1 is 1.26 bits per heavy atom. The SMILES string of the molecule is C=CCOc1ccccc1/C=C1\SC(=Nc2ccncc2Cl)N(C2CCCCC2)C1=O. The van der Waals surface area contributed by atoms with Gasteiger partial charge in [0.15, 0.2) is 5.17 Å². The highest BCUT2D eigenvalue weighted by Gasteiger charge is 2.38. The molecule has 1 aromatic carbocycles. The first-order chi connectivity index (χ1) is 15.2. The van der Waals surface area contributed by atoms with Gasteiger partial charge >= 0.3 is 0 Å². The van der Waals surface area contributed by atoms with Crippen LogP contribution < -0.4 is 4.74 Å². The van der Waals surface area contributed by atoms with Gasteiger partial charge in [-0.1, -0.05) is 61.7 Å². The summed E-state index contributed by atoms with van der Waals surface area (Å²) in [5, 5.41) is 1.13. The molecule has 1 aromatic heterocycles. The number of aromatic nitrogens is 1. The molecule has 160 valence electrons. The first-order valence-corrected chi connectivity index (χ1v) is 11.6. The lowest BCUT2D eigenvalue weighted by Gasteiger charge is -2.30. The van der Waals surface area contributed by atoms with E-state index in [1.54, 1.807) is 24.5 Å². The third-order valence-corrected chi connectivity index (χ3v) is 6.58. The molecule has 0 radical (unpaired) electrons. The van der Waals surface area contributed by atoms with E-state index in [-0.39, 0.29) is 11.9 Å². The fourth-order valence-electron chi connectivity index (χ4n) is 3.81. The summed E-state index contributed by atoms with van der Waals surface area (Å²) in [5.74, 6) is 0.703. The standard InChI is InChI=1S/C24H24ClN3O2S/c1-2-14-30-21-11-7-6-8-17(21)15-22-23(29)28(18-9-4-3-5-10-18)24(31-22)27-20-12-13-26-16-19(20)25/h2,6-8,11-13,15-16,18H,1,3-5,9-10,14H2/b22-15-,27-24?. The van der Waals surface area contributed by atoms with Gasteiger partial charge in [-0.25, -0.2) is 4.99 Å². The highest BCUT2D eigenvalue weighted by Crippen LogP contribution is 2.40. The summed E-state index contributed by atoms with van der Waals surface area (Å²) in [6.07, 6.45) is 12.2. The number of benzene rings is 1. The number of para-hydroxylation sites is 1. The van der Waals surface area contributed by atoms with Crippen molar-refractivity contribution in [2.45, 2.75) is 38.1 Å². The van der Waals surface area contributed by atoms with Crippen LogP contribution in [0.5, 0.6) is 5.75 Å². The van der Waals surface area contributed by atoms with Gasteiger partial charge in [-0.3, -0.25) is 14.7 Å². The molecule has 2 fully saturated rings. The third kappa shape index (κ3) is 5.02. The van der Waals surface area contributed by atoms with Crippen molar-refractivity contribution in [3.8, 4) is 5.75 Å². The zero-order valence-electron chi connectivity index (χ0n) is 17.2. The van der Waals surface area contributed by atoms with E-state index in [2.05, 4.69) is 11.6 Å². The Kier molecular flexibility index (Phi) is 7.10. The van der Waals surface area contributed by atoms with Crippen molar-refractivity contribution < 1.29 is 9.53 Å². The van der Waals surface area contributed by atoms with Crippen LogP contribution in [-0.2, 0) is 4.79 Å². The van der Waals surface area contributed by atoms with E-state index in [1.165, 1.54) is 18.2 Å². The normalized spacial score (nSPS) is 19.9. The molecule has 0 atom stereocenters. The molecule has 0 bridgehead atoms. The summed E-state index contributed by atoms with van der Waals surface area (Å²) in [6.45, 7) is 4.11. The number of rotatable bonds is 6. The molecular formula is C24H24ClN3O2S. The molecule has 4 rings (SSSR count). The zero-order chi connectivity index (χ0) is 21.6. The summed E-state index contributed by atoms with van der Waals surface area (Å²) in [6, 6.07) is 9.60. The Labute approximate surface area is 191 Å². The van der Waals surface area contributed by atoms with Crippen molar-refractivity contribution in [3.63, 3.8) is 0 Å². The van der Waals surface area contributed by atoms with E-state index < -0.39 is 0 Å². The second kappa shape index (κ2) is 10.2. The van der Waals surface area contributed by atoms with E-state index >= 15 is 0 Å². The molecule has 2 aromatic rings. The highest BCUT2D eigenvalue weighted by atomic mass is 35.5. The maximum absolute atomic E-state index is 13.5. The molecule has 1 saturated heterocycles. The predicted octanol–water partition coefficient (Wildman–Crippen LogP) is 6.24. The Balaban J connectivity index is 1.71. The average molecular weight is 454 g/mol. The number of aliphatic imine (C=N–C) groups is 1. The van der Waals surface area contributed by atoms with Crippen molar-refractivity contribution in [2.24, 2.45) is 4.99 Å². The van der Waals surface area contributed by atoms with Crippen LogP contribution in [0.3, 0.4) is 0 Å². The molecule has 5 nitrogen and oxygen atoms in total. The molecule has 1 aliphatic heterocycles. The van der Waals surface area contributed by atoms with Gasteiger partial charge in [-0.05, 0) is 42.8 Å². The number of halogens is 1. The number of nitrogens with zero attached hydrogens (tertiary/aromatic N) is 3. The summed E-state index contributed by atoms with van der Waals surface area (Å²) in [5.41, 5.74) is 1.47. The van der Waals surface area contributed by atoms with Gasteiger partial charge < -0.3 is 4.74 Å². The topological polar surface area (TPSA) is 54.8 Å². The molecule has 1 amide bonds. The molecule has 1 aliphatic carbocycles. The van der Waals surface area contributed by atoms with Gasteiger partial charge in [0.1, 0.15) is 12.4 Å². The van der Waals surface area contributed by atoms with Gasteiger partial charge in [-0.2, -0.15) is 0 Å². The molecule has 7 heteroatoms. The Morgan fingerprint density at radius 2 is 2.06 bits per heavy atom. The number of amidine groups is 1. The monoisotopic (exact) mass is 453 g/mol. The Morgan fingerprint density at radius 3 is 2.84 bits per heavy atom. The van der Waals surface area contributed by atoms with E-state index in [4.69, 9.17) is 21.3 Å². The summed E-state index contributed by atoms with van der Waals surface area (Å²) < 4.78 is 5.76. The molecule has 0 unspecified atom stereocenters. The first kappa shape index (κ1) is 21.7. The predicted molar refractivity (Wildman–Crippen MR) is 128 cm³/mol. The van der Waals surface area contributed by atoms with Crippen molar-refractivity contribution in [2.75, 3.05) is 6.61 Å². The number of pyridine rings is 1. The molecule has 31 heavy (non-hydrogen) atoms. The van der Waals surface area contributed by atoms with E-state index in [0.29, 0.717) is 27.4 Å². The zero-order valence-corrected chi connectivity index (χ0v) is 18.7. The Bertz CT molecular complexity index is 1030. The van der Waals surface area contributed by atoms with Crippen LogP contribution in [0, 0.1) is 0 Å². The number of hydrogen-bond donors (Lipinski definition) is 0. The fraction of sp³-hybridized carbons (Fsp3) is 0.292. The van der Waals surface area contributed by atoms with Crippen LogP contribution >= 0.6 is 23.4 Å². The quantitative estimate of drug-likeness (QED) is 0.384. The van der Waals surface area contributed by atoms with Crippen molar-refractivity contribution >= 4 is 46.2 Å². The van der Waals surface area contributed by atoms with Crippen molar-refractivity contribution in [1.29, 1.82) is 0 Å². The number of hydrogen-bond acceptors (Lipinski definition) is 5. The number of carbonyl (C=O) groups excluding carboxylic acids is 1. The maximum atomic E-state index is 13.5. The van der Waals surface area contributed by atoms with Gasteiger partial charge in [0.25, 0.3) is 5.91 Å². The van der Waals surface area contributed by atoms with Crippen molar-refractivity contribution in [3.05, 3.63) is 70.9 Å². The number of ether oxygens (including phenoxy) is 1. The second-order valence-electron chi connectivity index (χ2n) is 7.44. The molecule has 1 saturated carbocycles. The summed E-state index contributed by atoms with van der Waals surface area (Å²) >= 11 is 7.67. The van der Waals surface area contributed by atoms with Crippen LogP contribution in [-0.4, -0.2) is 33.6 Å². The minimum Gasteiger partial charge on any atom is -0.489 e. The highest BCUT2D eigenvalue weighted by molar-refractivity contribution is 8.18. The lowest BCUT2D eigenvalue weighted by Crippen LogP contribution is -2.40. The number of thioether (sulfide) groups is 1. The molecular weight excluding hydrogens is 430 g/mol. The van der Waals surface area contributed by atoms with Crippen LogP contribution in [0.1, 0.15) is 37.7 Å². The molecule has 0 N–H and O–H groups in total. The largest absolute Gasteiger partial charge is 0.489 e. The third-order valence-electron chi connectivity index (χ3n) is 5.31. The van der Waals surface area contributed by atoms with E-state index in [1.807, 2.05) is 35.2 Å². The number of amides is 1. The van der Waals surface area contributed by atoms with Gasteiger partial charge in [0.2, 0.25) is 0 Å². The fourth-order valence-corrected chi connectivity index (χ4v) is 5.01. The van der Waals surface area contributed by atoms with Crippen molar-refractivity contribution in [1.82, 2.24) is 9.88 Å². The smallest absolute Gasteiger partial charge is 0.267 e. The lowest BCUT2D eigenvalue weighted by atomic mass is 9.94. The van der Waals surface area contributed by atoms with Crippen LogP contribution in [0.25, 0.3) is 6.08 Å². The lowest BCUT2D eigenvalue weighted by molar-refractivity contribution is -0.124. The Hall–Kier alpha value is -2.57. The van der Waals surface area contributed by atoms with Crippen LogP contribution in [0.15, 0.2) is 65.3 Å². The number of carbonyl (C=O) groups is 1. The van der Waals surface area contributed by atoms with E-state index in [0.717, 1.165) is 37.0 Å². The summed E-state index contributed by atoms with van der Waals surface area (Å²) in [4.78, 5) is 24.7. The second-order valence-corrected chi connectivity index (χ2v) is 8.85. The van der Waals surface area contributed by atoms with Gasteiger partial charge in [-0.15, -0.1) is 0 Å². The molecule has 2 aliphatic rings. The van der Waals surface area contributed by atoms with E-state index in [9.17, 15) is 4.79 Å². The minimum atomic E-state index is -0.0145. The molecule has 2 heterocycles. The first-order valence-electron chi connectivity index (χ1n) is 10.4. The van der Waals surface area contributed by atoms with Crippen LogP contribution in [0.2, 0.25) is 5.02 Å². The molecule has 0 spiro atoms.